The standard InChI is InChI=1S/C32H28F2N4O7/c1-4-42-25(40)14-11-18-7-5-9-21(15-18)43-28-26(33)30(44-22-10-6-8-20(16-22)32(41)38(2)3)37-31(27(28)34)45-24-17-19(29(35)36)12-13-23(24)39/h5-17,39H,4H2,1-3H3,(H3,35,36)/b14-11+. The Balaban J connectivity index is 1.78. The summed E-state index contributed by atoms with van der Waals surface area (Å²) in [6.07, 6.45) is 2.62. The number of nitrogens with two attached hydrogens (primary N) is 1. The molecule has 45 heavy (non-hydrogen) atoms. The van der Waals surface area contributed by atoms with E-state index < -0.39 is 40.9 Å². The first-order valence-electron chi connectivity index (χ1n) is 13.3. The average molecular weight is 619 g/mol. The van der Waals surface area contributed by atoms with E-state index in [0.717, 1.165) is 0 Å². The highest BCUT2D eigenvalue weighted by atomic mass is 19.1. The normalized spacial score (nSPS) is 10.8. The van der Waals surface area contributed by atoms with Crippen LogP contribution >= 0.6 is 0 Å². The minimum absolute atomic E-state index is 0.00914. The van der Waals surface area contributed by atoms with Crippen molar-refractivity contribution in [2.75, 3.05) is 20.7 Å². The summed E-state index contributed by atoms with van der Waals surface area (Å²) in [5, 5.41) is 18.0. The van der Waals surface area contributed by atoms with Crippen LogP contribution in [0.3, 0.4) is 0 Å². The number of carbonyl (C=O) groups excluding carboxylic acids is 2. The third-order valence-electron chi connectivity index (χ3n) is 5.93. The Bertz CT molecular complexity index is 1790. The molecule has 11 nitrogen and oxygen atoms in total. The lowest BCUT2D eigenvalue weighted by Gasteiger charge is -2.16. The maximum atomic E-state index is 15.8. The van der Waals surface area contributed by atoms with Gasteiger partial charge in [-0.3, -0.25) is 10.2 Å². The first kappa shape index (κ1) is 31.9. The molecule has 4 aromatic rings. The lowest BCUT2D eigenvalue weighted by molar-refractivity contribution is -0.137. The van der Waals surface area contributed by atoms with Crippen LogP contribution in [0.1, 0.15) is 28.4 Å². The molecule has 0 saturated carbocycles. The monoisotopic (exact) mass is 618 g/mol. The van der Waals surface area contributed by atoms with Crippen LogP contribution in [0.5, 0.6) is 40.5 Å². The minimum atomic E-state index is -1.39. The number of benzene rings is 3. The second-order valence-corrected chi connectivity index (χ2v) is 9.47. The number of amides is 1. The number of halogens is 2. The van der Waals surface area contributed by atoms with Gasteiger partial charge in [-0.2, -0.15) is 13.8 Å². The van der Waals surface area contributed by atoms with Crippen molar-refractivity contribution in [3.05, 3.63) is 101 Å². The molecule has 4 N–H and O–H groups in total. The molecule has 232 valence electrons. The Labute approximate surface area is 256 Å². The Hall–Kier alpha value is -5.98. The number of nitrogens with one attached hydrogen (secondary N) is 1. The van der Waals surface area contributed by atoms with Crippen molar-refractivity contribution in [2.24, 2.45) is 5.73 Å². The van der Waals surface area contributed by atoms with E-state index in [1.54, 1.807) is 27.1 Å². The van der Waals surface area contributed by atoms with Crippen molar-refractivity contribution in [1.82, 2.24) is 9.88 Å². The van der Waals surface area contributed by atoms with E-state index >= 15 is 8.78 Å². The van der Waals surface area contributed by atoms with Crippen molar-refractivity contribution < 1.29 is 42.4 Å². The summed E-state index contributed by atoms with van der Waals surface area (Å²) in [6, 6.07) is 15.5. The van der Waals surface area contributed by atoms with Gasteiger partial charge >= 0.3 is 5.97 Å². The molecule has 0 bridgehead atoms. The van der Waals surface area contributed by atoms with Gasteiger partial charge in [0.05, 0.1) is 6.61 Å². The molecule has 0 aliphatic rings. The number of carbonyl (C=O) groups is 2. The second kappa shape index (κ2) is 14.0. The molecule has 0 unspecified atom stereocenters. The minimum Gasteiger partial charge on any atom is -0.504 e. The Morgan fingerprint density at radius 3 is 2.27 bits per heavy atom. The van der Waals surface area contributed by atoms with Gasteiger partial charge in [-0.1, -0.05) is 18.2 Å². The van der Waals surface area contributed by atoms with E-state index in [0.29, 0.717) is 5.56 Å². The van der Waals surface area contributed by atoms with E-state index in [4.69, 9.17) is 30.1 Å². The van der Waals surface area contributed by atoms with Crippen LogP contribution in [-0.2, 0) is 9.53 Å². The van der Waals surface area contributed by atoms with E-state index in [-0.39, 0.29) is 46.7 Å². The number of amidine groups is 1. The molecule has 0 fully saturated rings. The number of phenols is 1. The van der Waals surface area contributed by atoms with Gasteiger partial charge in [-0.25, -0.2) is 4.79 Å². The van der Waals surface area contributed by atoms with Crippen LogP contribution in [0.2, 0.25) is 0 Å². The molecule has 0 aliphatic carbocycles. The van der Waals surface area contributed by atoms with E-state index in [9.17, 15) is 14.7 Å². The number of phenolic OH excluding ortho intramolecular Hbond substituents is 1. The summed E-state index contributed by atoms with van der Waals surface area (Å²) < 4.78 is 53.3. The SMILES string of the molecule is CCOC(=O)/C=C/c1cccc(Oc2c(F)c(Oc3cccc(C(=O)N(C)C)c3)nc(Oc3cc(C(=N)N)ccc3O)c2F)c1. The highest BCUT2D eigenvalue weighted by molar-refractivity contribution is 5.95. The summed E-state index contributed by atoms with van der Waals surface area (Å²) in [5.41, 5.74) is 6.35. The molecule has 1 amide bonds. The number of nitrogens with zero attached hydrogens (tertiary/aromatic N) is 2. The number of hydrogen-bond donors (Lipinski definition) is 3. The Morgan fingerprint density at radius 1 is 0.933 bits per heavy atom. The number of aromatic nitrogens is 1. The van der Waals surface area contributed by atoms with Crippen molar-refractivity contribution in [3.8, 4) is 40.5 Å². The molecule has 4 rings (SSSR count). The van der Waals surface area contributed by atoms with Gasteiger partial charge < -0.3 is 34.7 Å². The molecular formula is C32H28F2N4O7. The molecule has 0 spiro atoms. The maximum Gasteiger partial charge on any atom is 0.330 e. The summed E-state index contributed by atoms with van der Waals surface area (Å²) in [4.78, 5) is 29.3. The van der Waals surface area contributed by atoms with Gasteiger partial charge in [0, 0.05) is 31.3 Å². The van der Waals surface area contributed by atoms with Crippen molar-refractivity contribution in [2.45, 2.75) is 6.92 Å². The van der Waals surface area contributed by atoms with Crippen LogP contribution in [0.4, 0.5) is 8.78 Å². The fraction of sp³-hybridized carbons (Fsp3) is 0.125. The zero-order valence-corrected chi connectivity index (χ0v) is 24.3. The van der Waals surface area contributed by atoms with E-state index in [1.165, 1.54) is 77.7 Å². The van der Waals surface area contributed by atoms with Gasteiger partial charge in [0.2, 0.25) is 17.4 Å². The summed E-state index contributed by atoms with van der Waals surface area (Å²) in [7, 11) is 3.12. The molecule has 13 heteroatoms. The summed E-state index contributed by atoms with van der Waals surface area (Å²) in [5.74, 6) is -7.46. The number of nitrogen functional groups attached to an aromatic ring is 1. The van der Waals surface area contributed by atoms with Crippen LogP contribution in [0.25, 0.3) is 6.08 Å². The smallest absolute Gasteiger partial charge is 0.330 e. The number of ether oxygens (including phenoxy) is 4. The van der Waals surface area contributed by atoms with Gasteiger partial charge in [0.25, 0.3) is 17.7 Å². The number of aromatic hydroxyl groups is 1. The van der Waals surface area contributed by atoms with Crippen molar-refractivity contribution in [1.29, 1.82) is 5.41 Å². The number of hydrogen-bond acceptors (Lipinski definition) is 9. The number of rotatable bonds is 11. The quantitative estimate of drug-likeness (QED) is 0.0793. The zero-order chi connectivity index (χ0) is 32.7. The van der Waals surface area contributed by atoms with E-state index in [1.807, 2.05) is 0 Å². The third kappa shape index (κ3) is 7.90. The Morgan fingerprint density at radius 2 is 1.60 bits per heavy atom. The fourth-order valence-corrected chi connectivity index (χ4v) is 3.79. The highest BCUT2D eigenvalue weighted by Gasteiger charge is 2.27. The second-order valence-electron chi connectivity index (χ2n) is 9.47. The van der Waals surface area contributed by atoms with Gasteiger partial charge in [-0.05, 0) is 67.1 Å². The predicted molar refractivity (Wildman–Crippen MR) is 160 cm³/mol. The highest BCUT2D eigenvalue weighted by Crippen LogP contribution is 2.41. The van der Waals surface area contributed by atoms with Crippen molar-refractivity contribution >= 4 is 23.8 Å². The summed E-state index contributed by atoms with van der Waals surface area (Å²) in [6.45, 7) is 1.85. The molecule has 0 atom stereocenters. The number of esters is 1. The molecule has 0 saturated heterocycles. The average Bonchev–Trinajstić information content (AvgIpc) is 3.01. The lowest BCUT2D eigenvalue weighted by Crippen LogP contribution is -2.21. The third-order valence-corrected chi connectivity index (χ3v) is 5.93. The van der Waals surface area contributed by atoms with Crippen LogP contribution in [0, 0.1) is 17.0 Å². The molecular weight excluding hydrogens is 590 g/mol. The van der Waals surface area contributed by atoms with Crippen LogP contribution < -0.4 is 19.9 Å². The topological polar surface area (TPSA) is 157 Å². The van der Waals surface area contributed by atoms with Crippen molar-refractivity contribution in [3.63, 3.8) is 0 Å². The Kier molecular flexibility index (Phi) is 9.93. The first-order chi connectivity index (χ1) is 21.5. The molecule has 3 aromatic carbocycles. The van der Waals surface area contributed by atoms with Gasteiger partial charge in [0.15, 0.2) is 11.5 Å². The van der Waals surface area contributed by atoms with Crippen LogP contribution in [0.15, 0.2) is 72.8 Å². The summed E-state index contributed by atoms with van der Waals surface area (Å²) >= 11 is 0. The molecule has 1 aromatic heterocycles. The predicted octanol–water partition coefficient (Wildman–Crippen LogP) is 6.00. The van der Waals surface area contributed by atoms with Gasteiger partial charge in [0.1, 0.15) is 17.3 Å². The molecule has 0 radical (unpaired) electrons. The molecule has 1 heterocycles. The lowest BCUT2D eigenvalue weighted by atomic mass is 10.2. The fourth-order valence-electron chi connectivity index (χ4n) is 3.79. The maximum absolute atomic E-state index is 15.8. The number of pyridine rings is 1. The largest absolute Gasteiger partial charge is 0.504 e. The zero-order valence-electron chi connectivity index (χ0n) is 24.3. The first-order valence-corrected chi connectivity index (χ1v) is 13.3. The van der Waals surface area contributed by atoms with E-state index in [2.05, 4.69) is 4.98 Å². The van der Waals surface area contributed by atoms with Gasteiger partial charge in [-0.15, -0.1) is 0 Å². The van der Waals surface area contributed by atoms with Crippen LogP contribution in [-0.4, -0.2) is 53.4 Å². The molecule has 0 aliphatic heterocycles.